The highest BCUT2D eigenvalue weighted by Gasteiger charge is 2.75. The second-order valence-electron chi connectivity index (χ2n) is 9.75. The third kappa shape index (κ3) is 2.13. The van der Waals surface area contributed by atoms with Crippen molar-refractivity contribution in [2.45, 2.75) is 31.3 Å². The van der Waals surface area contributed by atoms with Crippen LogP contribution in [-0.4, -0.2) is 41.8 Å². The maximum absolute atomic E-state index is 14.3. The maximum Gasteiger partial charge on any atom is 0.253 e. The lowest BCUT2D eigenvalue weighted by Crippen LogP contribution is -2.56. The number of fused-ring (bicyclic) bond motifs is 8. The SMILES string of the molecule is CCN1C(=O)[C@]2(c3ccccc31)[C@@H]1C(=O)N(c3cccc4ccccc34)C(=O)[C@@H]1[C@@H]1CCCN12. The van der Waals surface area contributed by atoms with E-state index in [9.17, 15) is 14.4 Å². The molecule has 34 heavy (non-hydrogen) atoms. The van der Waals surface area contributed by atoms with E-state index in [1.54, 1.807) is 4.90 Å². The van der Waals surface area contributed by atoms with E-state index in [0.29, 0.717) is 12.2 Å². The third-order valence-corrected chi connectivity index (χ3v) is 8.47. The van der Waals surface area contributed by atoms with E-state index >= 15 is 0 Å². The van der Waals surface area contributed by atoms with Crippen LogP contribution in [0.25, 0.3) is 10.8 Å². The van der Waals surface area contributed by atoms with Crippen molar-refractivity contribution in [3.8, 4) is 0 Å². The molecule has 3 amide bonds. The largest absolute Gasteiger partial charge is 0.310 e. The summed E-state index contributed by atoms with van der Waals surface area (Å²) in [5, 5.41) is 1.85. The molecule has 0 aromatic heterocycles. The number of carbonyl (C=O) groups excluding carboxylic acids is 3. The van der Waals surface area contributed by atoms with E-state index in [-0.39, 0.29) is 23.8 Å². The van der Waals surface area contributed by atoms with Crippen LogP contribution in [-0.2, 0) is 19.9 Å². The van der Waals surface area contributed by atoms with Crippen molar-refractivity contribution in [1.82, 2.24) is 4.90 Å². The molecule has 0 unspecified atom stereocenters. The van der Waals surface area contributed by atoms with Gasteiger partial charge in [0.05, 0.1) is 17.5 Å². The number of carbonyl (C=O) groups is 3. The molecule has 4 aliphatic heterocycles. The molecule has 6 heteroatoms. The van der Waals surface area contributed by atoms with Crippen molar-refractivity contribution in [3.05, 3.63) is 72.3 Å². The van der Waals surface area contributed by atoms with Crippen LogP contribution < -0.4 is 9.80 Å². The molecule has 3 saturated heterocycles. The minimum Gasteiger partial charge on any atom is -0.310 e. The van der Waals surface area contributed by atoms with E-state index in [2.05, 4.69) is 4.90 Å². The molecule has 6 nitrogen and oxygen atoms in total. The van der Waals surface area contributed by atoms with E-state index in [4.69, 9.17) is 0 Å². The molecule has 0 saturated carbocycles. The molecule has 1 spiro atoms. The summed E-state index contributed by atoms with van der Waals surface area (Å²) < 4.78 is 0. The summed E-state index contributed by atoms with van der Waals surface area (Å²) in [6.45, 7) is 3.22. The number of imide groups is 1. The molecular weight excluding hydrogens is 426 g/mol. The van der Waals surface area contributed by atoms with Crippen LogP contribution in [0.2, 0.25) is 0 Å². The highest BCUT2D eigenvalue weighted by Crippen LogP contribution is 2.62. The molecule has 3 aromatic rings. The van der Waals surface area contributed by atoms with Crippen LogP contribution in [0.3, 0.4) is 0 Å². The molecule has 4 heterocycles. The Hall–Kier alpha value is -3.51. The Kier molecular flexibility index (Phi) is 3.96. The van der Waals surface area contributed by atoms with Gasteiger partial charge < -0.3 is 4.90 Å². The topological polar surface area (TPSA) is 60.9 Å². The number of hydrogen-bond donors (Lipinski definition) is 0. The smallest absolute Gasteiger partial charge is 0.253 e. The molecule has 0 radical (unpaired) electrons. The number of para-hydroxylation sites is 1. The van der Waals surface area contributed by atoms with E-state index in [1.807, 2.05) is 73.7 Å². The normalized spacial score (nSPS) is 30.0. The molecule has 7 rings (SSSR count). The lowest BCUT2D eigenvalue weighted by atomic mass is 9.75. The van der Waals surface area contributed by atoms with Crippen molar-refractivity contribution in [2.75, 3.05) is 22.9 Å². The fourth-order valence-electron chi connectivity index (χ4n) is 7.30. The van der Waals surface area contributed by atoms with Gasteiger partial charge in [0.2, 0.25) is 11.8 Å². The fourth-order valence-corrected chi connectivity index (χ4v) is 7.30. The van der Waals surface area contributed by atoms with Crippen LogP contribution in [0.5, 0.6) is 0 Å². The summed E-state index contributed by atoms with van der Waals surface area (Å²) in [7, 11) is 0. The summed E-state index contributed by atoms with van der Waals surface area (Å²) in [5.41, 5.74) is 1.26. The zero-order valence-electron chi connectivity index (χ0n) is 19.0. The standard InChI is InChI=1S/C28H25N3O3/c1-2-29-21-13-6-5-12-19(21)28(27(29)34)24-23(22-15-8-16-30(22)28)25(32)31(26(24)33)20-14-7-10-17-9-3-4-11-18(17)20/h3-7,9-14,22-24H,2,8,15-16H2,1H3/t22-,23+,24-,28-/m0/s1. The molecule has 4 aliphatic rings. The Morgan fingerprint density at radius 2 is 1.62 bits per heavy atom. The third-order valence-electron chi connectivity index (χ3n) is 8.47. The van der Waals surface area contributed by atoms with Crippen molar-refractivity contribution in [3.63, 3.8) is 0 Å². The van der Waals surface area contributed by atoms with Gasteiger partial charge in [0, 0.05) is 29.2 Å². The quantitative estimate of drug-likeness (QED) is 0.558. The van der Waals surface area contributed by atoms with Gasteiger partial charge in [-0.25, -0.2) is 4.90 Å². The monoisotopic (exact) mass is 451 g/mol. The van der Waals surface area contributed by atoms with Crippen molar-refractivity contribution < 1.29 is 14.4 Å². The molecule has 3 aromatic carbocycles. The van der Waals surface area contributed by atoms with Crippen LogP contribution in [0.1, 0.15) is 25.3 Å². The predicted molar refractivity (Wildman–Crippen MR) is 129 cm³/mol. The van der Waals surface area contributed by atoms with Gasteiger partial charge in [0.1, 0.15) is 5.54 Å². The molecule has 0 bridgehead atoms. The molecule has 170 valence electrons. The Labute approximate surface area is 197 Å². The number of anilines is 2. The van der Waals surface area contributed by atoms with Crippen LogP contribution >= 0.6 is 0 Å². The van der Waals surface area contributed by atoms with Gasteiger partial charge in [-0.15, -0.1) is 0 Å². The zero-order chi connectivity index (χ0) is 23.2. The summed E-state index contributed by atoms with van der Waals surface area (Å²) >= 11 is 0. The average molecular weight is 452 g/mol. The van der Waals surface area contributed by atoms with E-state index in [0.717, 1.165) is 41.4 Å². The molecule has 0 N–H and O–H groups in total. The number of rotatable bonds is 2. The highest BCUT2D eigenvalue weighted by atomic mass is 16.2. The second-order valence-corrected chi connectivity index (χ2v) is 9.75. The Balaban J connectivity index is 1.46. The van der Waals surface area contributed by atoms with Gasteiger partial charge >= 0.3 is 0 Å². The first kappa shape index (κ1) is 19.9. The minimum atomic E-state index is -1.11. The average Bonchev–Trinajstić information content (AvgIpc) is 3.56. The predicted octanol–water partition coefficient (Wildman–Crippen LogP) is 3.69. The molecule has 3 fully saturated rings. The lowest BCUT2D eigenvalue weighted by Gasteiger charge is -2.37. The van der Waals surface area contributed by atoms with Crippen LogP contribution in [0, 0.1) is 11.8 Å². The first-order valence-electron chi connectivity index (χ1n) is 12.1. The first-order valence-corrected chi connectivity index (χ1v) is 12.1. The van der Waals surface area contributed by atoms with E-state index < -0.39 is 17.4 Å². The first-order chi connectivity index (χ1) is 16.6. The van der Waals surface area contributed by atoms with Gasteiger partial charge in [-0.05, 0) is 43.8 Å². The Morgan fingerprint density at radius 3 is 2.47 bits per heavy atom. The number of amides is 3. The lowest BCUT2D eigenvalue weighted by molar-refractivity contribution is -0.137. The maximum atomic E-state index is 14.3. The summed E-state index contributed by atoms with van der Waals surface area (Å²) in [4.78, 5) is 47.9. The van der Waals surface area contributed by atoms with Crippen molar-refractivity contribution in [2.24, 2.45) is 11.8 Å². The van der Waals surface area contributed by atoms with Crippen LogP contribution in [0.15, 0.2) is 66.7 Å². The number of likely N-dealkylation sites (N-methyl/N-ethyl adjacent to an activating group) is 1. The summed E-state index contributed by atoms with van der Waals surface area (Å²) in [5.74, 6) is -1.70. The number of hydrogen-bond acceptors (Lipinski definition) is 4. The van der Waals surface area contributed by atoms with Gasteiger partial charge in [0.15, 0.2) is 0 Å². The second kappa shape index (κ2) is 6.76. The molecule has 4 atom stereocenters. The number of benzene rings is 3. The fraction of sp³-hybridized carbons (Fsp3) is 0.321. The number of nitrogens with zero attached hydrogens (tertiary/aromatic N) is 3. The zero-order valence-corrected chi connectivity index (χ0v) is 19.0. The van der Waals surface area contributed by atoms with Gasteiger partial charge in [-0.2, -0.15) is 0 Å². The minimum absolute atomic E-state index is 0.0588. The van der Waals surface area contributed by atoms with Crippen molar-refractivity contribution >= 4 is 39.9 Å². The van der Waals surface area contributed by atoms with Gasteiger partial charge in [0.25, 0.3) is 5.91 Å². The van der Waals surface area contributed by atoms with E-state index in [1.165, 1.54) is 4.90 Å². The molecular formula is C28H25N3O3. The Bertz CT molecular complexity index is 1400. The van der Waals surface area contributed by atoms with Crippen molar-refractivity contribution in [1.29, 1.82) is 0 Å². The Morgan fingerprint density at radius 1 is 0.882 bits per heavy atom. The summed E-state index contributed by atoms with van der Waals surface area (Å²) in [6.07, 6.45) is 1.75. The van der Waals surface area contributed by atoms with Gasteiger partial charge in [-0.1, -0.05) is 54.6 Å². The summed E-state index contributed by atoms with van der Waals surface area (Å²) in [6, 6.07) is 21.3. The highest BCUT2D eigenvalue weighted by molar-refractivity contribution is 6.28. The van der Waals surface area contributed by atoms with Gasteiger partial charge in [-0.3, -0.25) is 19.3 Å². The molecule has 0 aliphatic carbocycles. The van der Waals surface area contributed by atoms with Crippen LogP contribution in [0.4, 0.5) is 11.4 Å².